The van der Waals surface area contributed by atoms with Crippen LogP contribution in [0.25, 0.3) is 0 Å². The van der Waals surface area contributed by atoms with Crippen LogP contribution >= 0.6 is 11.6 Å². The molecule has 1 unspecified atom stereocenters. The number of cyclic esters (lactones) is 1. The summed E-state index contributed by atoms with van der Waals surface area (Å²) in [6, 6.07) is 6.77. The zero-order valence-corrected chi connectivity index (χ0v) is 11.0. The molecule has 2 rings (SSSR count). The summed E-state index contributed by atoms with van der Waals surface area (Å²) in [6.07, 6.45) is -1.25. The van der Waals surface area contributed by atoms with Crippen molar-refractivity contribution in [3.63, 3.8) is 0 Å². The van der Waals surface area contributed by atoms with Crippen molar-refractivity contribution in [1.82, 2.24) is 0 Å². The summed E-state index contributed by atoms with van der Waals surface area (Å²) in [5.41, 5.74) is 1.27. The summed E-state index contributed by atoms with van der Waals surface area (Å²) in [5, 5.41) is 2.52. The average Bonchev–Trinajstić information content (AvgIpc) is 2.81. The minimum Gasteiger partial charge on any atom is -0.453 e. The second kappa shape index (κ2) is 5.79. The third-order valence-corrected chi connectivity index (χ3v) is 3.00. The van der Waals surface area contributed by atoms with Crippen LogP contribution in [0.4, 0.5) is 21.0 Å². The van der Waals surface area contributed by atoms with E-state index in [-0.39, 0.29) is 12.0 Å². The molecule has 0 saturated carbocycles. The van der Waals surface area contributed by atoms with Gasteiger partial charge >= 0.3 is 12.2 Å². The number of amides is 2. The van der Waals surface area contributed by atoms with Crippen molar-refractivity contribution in [2.75, 3.05) is 29.8 Å². The minimum absolute atomic E-state index is 0.268. The van der Waals surface area contributed by atoms with Crippen molar-refractivity contribution in [2.24, 2.45) is 0 Å². The average molecular weight is 285 g/mol. The number of nitrogens with zero attached hydrogens (tertiary/aromatic N) is 1. The molecule has 102 valence electrons. The lowest BCUT2D eigenvalue weighted by molar-refractivity contribution is 0.151. The van der Waals surface area contributed by atoms with Gasteiger partial charge in [0.05, 0.1) is 19.5 Å². The summed E-state index contributed by atoms with van der Waals surface area (Å²) in [6.45, 7) is 0.423. The van der Waals surface area contributed by atoms with Crippen molar-refractivity contribution in [3.05, 3.63) is 24.3 Å². The molecule has 0 bridgehead atoms. The van der Waals surface area contributed by atoms with Crippen LogP contribution in [-0.4, -0.2) is 37.8 Å². The topological polar surface area (TPSA) is 67.9 Å². The van der Waals surface area contributed by atoms with E-state index in [1.807, 2.05) is 0 Å². The van der Waals surface area contributed by atoms with Gasteiger partial charge in [0.2, 0.25) is 0 Å². The lowest BCUT2D eigenvalue weighted by Crippen LogP contribution is -2.24. The second-order valence-corrected chi connectivity index (χ2v) is 4.24. The van der Waals surface area contributed by atoms with Crippen LogP contribution < -0.4 is 10.2 Å². The summed E-state index contributed by atoms with van der Waals surface area (Å²) in [7, 11) is 1.29. The van der Waals surface area contributed by atoms with Crippen LogP contribution in [0.2, 0.25) is 0 Å². The molecule has 0 aliphatic carbocycles. The standard InChI is InChI=1S/C12H13ClN2O4/c1-18-11(16)14-8-2-4-9(5-3-8)15-7-10(6-13)19-12(15)17/h2-5,10H,6-7H2,1H3,(H,14,16). The quantitative estimate of drug-likeness (QED) is 0.866. The minimum atomic E-state index is -0.546. The molecule has 0 spiro atoms. The number of halogens is 1. The number of hydrogen-bond donors (Lipinski definition) is 1. The maximum Gasteiger partial charge on any atom is 0.414 e. The van der Waals surface area contributed by atoms with Crippen LogP contribution in [0.3, 0.4) is 0 Å². The van der Waals surface area contributed by atoms with Crippen LogP contribution in [0.1, 0.15) is 0 Å². The third-order valence-electron chi connectivity index (χ3n) is 2.66. The van der Waals surface area contributed by atoms with E-state index in [1.165, 1.54) is 12.0 Å². The second-order valence-electron chi connectivity index (χ2n) is 3.93. The van der Waals surface area contributed by atoms with E-state index in [0.717, 1.165) is 0 Å². The van der Waals surface area contributed by atoms with Gasteiger partial charge in [-0.05, 0) is 24.3 Å². The lowest BCUT2D eigenvalue weighted by atomic mass is 10.2. The van der Waals surface area contributed by atoms with E-state index in [4.69, 9.17) is 16.3 Å². The van der Waals surface area contributed by atoms with Gasteiger partial charge in [-0.2, -0.15) is 0 Å². The molecule has 7 heteroatoms. The van der Waals surface area contributed by atoms with Crippen LogP contribution in [0.5, 0.6) is 0 Å². The Labute approximate surface area is 115 Å². The Bertz CT molecular complexity index is 477. The number of carbonyl (C=O) groups is 2. The van der Waals surface area contributed by atoms with Gasteiger partial charge in [-0.25, -0.2) is 9.59 Å². The largest absolute Gasteiger partial charge is 0.453 e. The predicted octanol–water partition coefficient (Wildman–Crippen LogP) is 2.43. The zero-order valence-electron chi connectivity index (χ0n) is 10.3. The maximum atomic E-state index is 11.6. The molecular weight excluding hydrogens is 272 g/mol. The van der Waals surface area contributed by atoms with Gasteiger partial charge in [0, 0.05) is 11.4 Å². The van der Waals surface area contributed by atoms with E-state index >= 15 is 0 Å². The molecule has 1 aliphatic rings. The van der Waals surface area contributed by atoms with E-state index in [0.29, 0.717) is 17.9 Å². The van der Waals surface area contributed by atoms with Crippen molar-refractivity contribution < 1.29 is 19.1 Å². The van der Waals surface area contributed by atoms with E-state index < -0.39 is 12.2 Å². The molecule has 19 heavy (non-hydrogen) atoms. The molecule has 2 amide bonds. The Morgan fingerprint density at radius 3 is 2.74 bits per heavy atom. The van der Waals surface area contributed by atoms with Gasteiger partial charge < -0.3 is 9.47 Å². The highest BCUT2D eigenvalue weighted by molar-refractivity contribution is 6.18. The maximum absolute atomic E-state index is 11.6. The summed E-state index contributed by atoms with van der Waals surface area (Å²) in [4.78, 5) is 24.1. The molecule has 1 aliphatic heterocycles. The molecule has 1 saturated heterocycles. The smallest absolute Gasteiger partial charge is 0.414 e. The van der Waals surface area contributed by atoms with Crippen molar-refractivity contribution in [1.29, 1.82) is 0 Å². The van der Waals surface area contributed by atoms with Gasteiger partial charge in [0.25, 0.3) is 0 Å². The number of alkyl halides is 1. The van der Waals surface area contributed by atoms with Crippen LogP contribution in [-0.2, 0) is 9.47 Å². The Balaban J connectivity index is 2.06. The number of rotatable bonds is 3. The zero-order chi connectivity index (χ0) is 13.8. The Morgan fingerprint density at radius 2 is 2.21 bits per heavy atom. The summed E-state index contributed by atoms with van der Waals surface area (Å²) >= 11 is 5.66. The van der Waals surface area contributed by atoms with E-state index in [2.05, 4.69) is 10.1 Å². The molecule has 1 aromatic rings. The highest BCUT2D eigenvalue weighted by atomic mass is 35.5. The van der Waals surface area contributed by atoms with Gasteiger partial charge in [0.1, 0.15) is 6.10 Å². The van der Waals surface area contributed by atoms with Crippen molar-refractivity contribution >= 4 is 35.2 Å². The number of methoxy groups -OCH3 is 1. The molecule has 0 aromatic heterocycles. The number of carbonyl (C=O) groups excluding carboxylic acids is 2. The first-order chi connectivity index (χ1) is 9.13. The highest BCUT2D eigenvalue weighted by Gasteiger charge is 2.31. The number of anilines is 2. The number of hydrogen-bond acceptors (Lipinski definition) is 4. The first-order valence-corrected chi connectivity index (χ1v) is 6.16. The highest BCUT2D eigenvalue weighted by Crippen LogP contribution is 2.23. The predicted molar refractivity (Wildman–Crippen MR) is 70.8 cm³/mol. The van der Waals surface area contributed by atoms with E-state index in [9.17, 15) is 9.59 Å². The SMILES string of the molecule is COC(=O)Nc1ccc(N2CC(CCl)OC2=O)cc1. The molecule has 1 fully saturated rings. The van der Waals surface area contributed by atoms with E-state index in [1.54, 1.807) is 24.3 Å². The molecule has 1 N–H and O–H groups in total. The molecule has 6 nitrogen and oxygen atoms in total. The first-order valence-electron chi connectivity index (χ1n) is 5.63. The molecule has 1 aromatic carbocycles. The number of ether oxygens (including phenoxy) is 2. The Kier molecular flexibility index (Phi) is 4.11. The fourth-order valence-corrected chi connectivity index (χ4v) is 1.87. The monoisotopic (exact) mass is 284 g/mol. The summed E-state index contributed by atoms with van der Waals surface area (Å²) in [5.74, 6) is 0.268. The third kappa shape index (κ3) is 3.08. The molecular formula is C12H13ClN2O4. The van der Waals surface area contributed by atoms with Gasteiger partial charge in [-0.15, -0.1) is 11.6 Å². The summed E-state index contributed by atoms with van der Waals surface area (Å²) < 4.78 is 9.54. The van der Waals surface area contributed by atoms with Gasteiger partial charge in [-0.3, -0.25) is 10.2 Å². The van der Waals surface area contributed by atoms with Crippen molar-refractivity contribution in [2.45, 2.75) is 6.10 Å². The first kappa shape index (κ1) is 13.5. The number of benzene rings is 1. The molecule has 1 heterocycles. The van der Waals surface area contributed by atoms with Gasteiger partial charge in [0.15, 0.2) is 0 Å². The number of nitrogens with one attached hydrogen (secondary N) is 1. The lowest BCUT2D eigenvalue weighted by Gasteiger charge is -2.13. The fraction of sp³-hybridized carbons (Fsp3) is 0.333. The van der Waals surface area contributed by atoms with Crippen molar-refractivity contribution in [3.8, 4) is 0 Å². The fourth-order valence-electron chi connectivity index (χ4n) is 1.71. The van der Waals surface area contributed by atoms with Crippen LogP contribution in [0.15, 0.2) is 24.3 Å². The Morgan fingerprint density at radius 1 is 1.53 bits per heavy atom. The molecule has 0 radical (unpaired) electrons. The Hall–Kier alpha value is -1.95. The molecule has 1 atom stereocenters. The van der Waals surface area contributed by atoms with Gasteiger partial charge in [-0.1, -0.05) is 0 Å². The van der Waals surface area contributed by atoms with Crippen LogP contribution in [0, 0.1) is 0 Å². The normalized spacial score (nSPS) is 18.1.